The van der Waals surface area contributed by atoms with Crippen LogP contribution in [-0.4, -0.2) is 25.7 Å². The van der Waals surface area contributed by atoms with Gasteiger partial charge in [0.2, 0.25) is 0 Å². The van der Waals surface area contributed by atoms with Crippen LogP contribution in [0.5, 0.6) is 5.75 Å². The summed E-state index contributed by atoms with van der Waals surface area (Å²) in [5.41, 5.74) is 3.60. The number of ether oxygens (including phenoxy) is 2. The quantitative estimate of drug-likeness (QED) is 0.808. The van der Waals surface area contributed by atoms with Gasteiger partial charge in [0.25, 0.3) is 5.91 Å². The molecule has 2 rings (SSSR count). The fraction of sp³-hybridized carbons (Fsp3) is 0.300. The molecule has 26 heavy (non-hydrogen) atoms. The molecule has 0 aliphatic heterocycles. The van der Waals surface area contributed by atoms with Crippen molar-refractivity contribution in [2.75, 3.05) is 24.4 Å². The van der Waals surface area contributed by atoms with E-state index in [0.717, 1.165) is 5.56 Å². The Labute approximate surface area is 153 Å². The van der Waals surface area contributed by atoms with Crippen LogP contribution in [0.3, 0.4) is 0 Å². The Bertz CT molecular complexity index is 770. The predicted molar refractivity (Wildman–Crippen MR) is 102 cm³/mol. The van der Waals surface area contributed by atoms with Gasteiger partial charge in [0.15, 0.2) is 6.61 Å². The summed E-state index contributed by atoms with van der Waals surface area (Å²) in [6.45, 7) is 6.24. The van der Waals surface area contributed by atoms with E-state index in [1.165, 1.54) is 12.7 Å². The van der Waals surface area contributed by atoms with Gasteiger partial charge in [-0.1, -0.05) is 19.9 Å². The molecule has 0 radical (unpaired) electrons. The normalized spacial score (nSPS) is 10.3. The summed E-state index contributed by atoms with van der Waals surface area (Å²) in [7, 11) is 1.29. The second-order valence-electron chi connectivity index (χ2n) is 6.20. The number of methoxy groups -OCH3 is 1. The lowest BCUT2D eigenvalue weighted by atomic mass is 9.98. The maximum atomic E-state index is 12.0. The van der Waals surface area contributed by atoms with Crippen molar-refractivity contribution < 1.29 is 19.1 Å². The third-order valence-corrected chi connectivity index (χ3v) is 3.83. The molecule has 0 saturated heterocycles. The van der Waals surface area contributed by atoms with Crippen LogP contribution >= 0.6 is 0 Å². The summed E-state index contributed by atoms with van der Waals surface area (Å²) >= 11 is 0. The largest absolute Gasteiger partial charge is 0.484 e. The average molecular weight is 356 g/mol. The number of hydrogen-bond acceptors (Lipinski definition) is 4. The molecular formula is C20H24N2O4. The molecule has 6 nitrogen and oxygen atoms in total. The van der Waals surface area contributed by atoms with E-state index in [-0.39, 0.29) is 12.5 Å². The van der Waals surface area contributed by atoms with Crippen LogP contribution in [0.4, 0.5) is 16.2 Å². The Kier molecular flexibility index (Phi) is 6.60. The Morgan fingerprint density at radius 1 is 1.00 bits per heavy atom. The van der Waals surface area contributed by atoms with Gasteiger partial charge < -0.3 is 14.8 Å². The summed E-state index contributed by atoms with van der Waals surface area (Å²) in [6.07, 6.45) is -0.547. The van der Waals surface area contributed by atoms with Gasteiger partial charge in [0.1, 0.15) is 5.75 Å². The van der Waals surface area contributed by atoms with Crippen molar-refractivity contribution in [2.45, 2.75) is 26.7 Å². The van der Waals surface area contributed by atoms with Crippen LogP contribution in [0.25, 0.3) is 0 Å². The number of nitrogens with one attached hydrogen (secondary N) is 2. The average Bonchev–Trinajstić information content (AvgIpc) is 2.61. The van der Waals surface area contributed by atoms with Crippen molar-refractivity contribution in [2.24, 2.45) is 0 Å². The second-order valence-corrected chi connectivity index (χ2v) is 6.20. The minimum absolute atomic E-state index is 0.0807. The van der Waals surface area contributed by atoms with E-state index in [1.54, 1.807) is 24.3 Å². The molecule has 2 amide bonds. The number of amides is 2. The van der Waals surface area contributed by atoms with E-state index in [9.17, 15) is 9.59 Å². The Morgan fingerprint density at radius 2 is 1.62 bits per heavy atom. The fourth-order valence-electron chi connectivity index (χ4n) is 2.54. The number of aryl methyl sites for hydroxylation is 1. The van der Waals surface area contributed by atoms with Crippen LogP contribution in [-0.2, 0) is 9.53 Å². The van der Waals surface area contributed by atoms with Gasteiger partial charge in [0, 0.05) is 11.4 Å². The van der Waals surface area contributed by atoms with Crippen LogP contribution < -0.4 is 15.4 Å². The molecule has 0 fully saturated rings. The number of carbonyl (C=O) groups is 2. The first-order valence-corrected chi connectivity index (χ1v) is 8.37. The number of hydrogen-bond donors (Lipinski definition) is 2. The first-order chi connectivity index (χ1) is 12.4. The number of anilines is 2. The Morgan fingerprint density at radius 3 is 2.15 bits per heavy atom. The third-order valence-electron chi connectivity index (χ3n) is 3.83. The minimum Gasteiger partial charge on any atom is -0.484 e. The fourth-order valence-corrected chi connectivity index (χ4v) is 2.54. The van der Waals surface area contributed by atoms with Crippen LogP contribution in [0.2, 0.25) is 0 Å². The number of benzene rings is 2. The van der Waals surface area contributed by atoms with Crippen LogP contribution in [0.1, 0.15) is 30.9 Å². The highest BCUT2D eigenvalue weighted by Gasteiger charge is 2.08. The molecule has 0 aromatic heterocycles. The lowest BCUT2D eigenvalue weighted by Crippen LogP contribution is -2.20. The summed E-state index contributed by atoms with van der Waals surface area (Å²) in [4.78, 5) is 23.2. The zero-order chi connectivity index (χ0) is 19.1. The zero-order valence-electron chi connectivity index (χ0n) is 15.5. The molecule has 0 atom stereocenters. The van der Waals surface area contributed by atoms with Gasteiger partial charge in [-0.05, 0) is 60.4 Å². The van der Waals surface area contributed by atoms with Crippen molar-refractivity contribution in [1.29, 1.82) is 0 Å². The molecule has 0 spiro atoms. The van der Waals surface area contributed by atoms with Crippen LogP contribution in [0, 0.1) is 6.92 Å². The molecule has 2 aromatic rings. The number of rotatable bonds is 6. The summed E-state index contributed by atoms with van der Waals surface area (Å²) < 4.78 is 10.1. The molecule has 2 aromatic carbocycles. The van der Waals surface area contributed by atoms with E-state index < -0.39 is 6.09 Å². The topological polar surface area (TPSA) is 76.7 Å². The van der Waals surface area contributed by atoms with Gasteiger partial charge in [-0.15, -0.1) is 0 Å². The van der Waals surface area contributed by atoms with Gasteiger partial charge in [-0.25, -0.2) is 4.79 Å². The van der Waals surface area contributed by atoms with Crippen molar-refractivity contribution in [3.05, 3.63) is 53.6 Å². The van der Waals surface area contributed by atoms with Gasteiger partial charge >= 0.3 is 6.09 Å². The van der Waals surface area contributed by atoms with Crippen molar-refractivity contribution in [1.82, 2.24) is 0 Å². The van der Waals surface area contributed by atoms with E-state index in [0.29, 0.717) is 23.0 Å². The lowest BCUT2D eigenvalue weighted by Gasteiger charge is -2.12. The molecule has 0 aliphatic carbocycles. The van der Waals surface area contributed by atoms with E-state index in [1.807, 2.05) is 25.1 Å². The van der Waals surface area contributed by atoms with Crippen molar-refractivity contribution in [3.8, 4) is 5.75 Å². The standard InChI is InChI=1S/C20H24N2O4/c1-13(2)18-10-9-17(11-14(18)3)26-12-19(23)21-15-5-7-16(8-6-15)22-20(24)25-4/h5-11,13H,12H2,1-4H3,(H,21,23)(H,22,24). The maximum Gasteiger partial charge on any atom is 0.411 e. The Balaban J connectivity index is 1.87. The highest BCUT2D eigenvalue weighted by Crippen LogP contribution is 2.23. The van der Waals surface area contributed by atoms with Crippen molar-refractivity contribution >= 4 is 23.4 Å². The highest BCUT2D eigenvalue weighted by atomic mass is 16.5. The maximum absolute atomic E-state index is 12.0. The van der Waals surface area contributed by atoms with Crippen molar-refractivity contribution in [3.63, 3.8) is 0 Å². The minimum atomic E-state index is -0.547. The smallest absolute Gasteiger partial charge is 0.411 e. The van der Waals surface area contributed by atoms with Crippen LogP contribution in [0.15, 0.2) is 42.5 Å². The molecule has 2 N–H and O–H groups in total. The SMILES string of the molecule is COC(=O)Nc1ccc(NC(=O)COc2ccc(C(C)C)c(C)c2)cc1. The molecule has 0 saturated carbocycles. The van der Waals surface area contributed by atoms with E-state index >= 15 is 0 Å². The molecule has 0 heterocycles. The van der Waals surface area contributed by atoms with Gasteiger partial charge in [-0.2, -0.15) is 0 Å². The monoisotopic (exact) mass is 356 g/mol. The molecule has 138 valence electrons. The van der Waals surface area contributed by atoms with E-state index in [2.05, 4.69) is 29.2 Å². The first kappa shape index (κ1) is 19.3. The Hall–Kier alpha value is -3.02. The lowest BCUT2D eigenvalue weighted by molar-refractivity contribution is -0.118. The molecule has 0 bridgehead atoms. The first-order valence-electron chi connectivity index (χ1n) is 8.37. The molecule has 0 unspecified atom stereocenters. The highest BCUT2D eigenvalue weighted by molar-refractivity contribution is 5.92. The zero-order valence-corrected chi connectivity index (χ0v) is 15.5. The molecular weight excluding hydrogens is 332 g/mol. The van der Waals surface area contributed by atoms with Gasteiger partial charge in [-0.3, -0.25) is 10.1 Å². The predicted octanol–water partition coefficient (Wildman–Crippen LogP) is 4.31. The third kappa shape index (κ3) is 5.51. The van der Waals surface area contributed by atoms with Gasteiger partial charge in [0.05, 0.1) is 7.11 Å². The summed E-state index contributed by atoms with van der Waals surface area (Å²) in [5.74, 6) is 0.855. The van der Waals surface area contributed by atoms with E-state index in [4.69, 9.17) is 4.74 Å². The summed E-state index contributed by atoms with van der Waals surface area (Å²) in [5, 5.41) is 5.28. The summed E-state index contributed by atoms with van der Waals surface area (Å²) in [6, 6.07) is 12.6. The number of carbonyl (C=O) groups excluding carboxylic acids is 2. The second kappa shape index (κ2) is 8.89. The molecule has 0 aliphatic rings. The molecule has 6 heteroatoms.